The summed E-state index contributed by atoms with van der Waals surface area (Å²) in [5.74, 6) is 0.193. The van der Waals surface area contributed by atoms with Gasteiger partial charge >= 0.3 is 0 Å². The van der Waals surface area contributed by atoms with Crippen LogP contribution >= 0.6 is 11.8 Å². The molecule has 1 aliphatic rings. The van der Waals surface area contributed by atoms with Crippen molar-refractivity contribution in [2.24, 2.45) is 4.99 Å². The minimum absolute atomic E-state index is 0.0463. The quantitative estimate of drug-likeness (QED) is 0.922. The molecule has 118 valence electrons. The lowest BCUT2D eigenvalue weighted by Crippen LogP contribution is -2.28. The highest BCUT2D eigenvalue weighted by Crippen LogP contribution is 2.32. The van der Waals surface area contributed by atoms with Crippen molar-refractivity contribution in [3.63, 3.8) is 0 Å². The highest BCUT2D eigenvalue weighted by molar-refractivity contribution is 8.00. The summed E-state index contributed by atoms with van der Waals surface area (Å²) in [5, 5.41) is 2.81. The van der Waals surface area contributed by atoms with Gasteiger partial charge in [0.15, 0.2) is 0 Å². The van der Waals surface area contributed by atoms with E-state index in [9.17, 15) is 9.59 Å². The first-order chi connectivity index (χ1) is 11.0. The number of aromatic nitrogens is 1. The van der Waals surface area contributed by atoms with Crippen LogP contribution in [0.3, 0.4) is 0 Å². The number of thioether (sulfide) groups is 1. The van der Waals surface area contributed by atoms with E-state index in [1.807, 2.05) is 32.0 Å². The number of hydrogen-bond donors (Lipinski definition) is 1. The third-order valence-electron chi connectivity index (χ3n) is 3.31. The maximum absolute atomic E-state index is 12.8. The topological polar surface area (TPSA) is 63.5 Å². The van der Waals surface area contributed by atoms with Crippen molar-refractivity contribution in [3.05, 3.63) is 53.6 Å². The summed E-state index contributed by atoms with van der Waals surface area (Å²) >= 11 is 1.48. The third-order valence-corrected chi connectivity index (χ3v) is 4.38. The number of anilines is 1. The number of fused-ring (bicyclic) bond motifs is 1. The van der Waals surface area contributed by atoms with Gasteiger partial charge in [0.05, 0.1) is 11.4 Å². The van der Waals surface area contributed by atoms with Gasteiger partial charge in [-0.25, -0.2) is 0 Å². The molecule has 5 nitrogen and oxygen atoms in total. The Hall–Kier alpha value is -2.34. The van der Waals surface area contributed by atoms with Gasteiger partial charge in [0, 0.05) is 22.7 Å². The van der Waals surface area contributed by atoms with Crippen LogP contribution in [0, 0.1) is 0 Å². The summed E-state index contributed by atoms with van der Waals surface area (Å²) in [6.07, 6.45) is 1.70. The van der Waals surface area contributed by atoms with Crippen LogP contribution in [0.25, 0.3) is 0 Å². The Morgan fingerprint density at radius 1 is 1.30 bits per heavy atom. The van der Waals surface area contributed by atoms with Gasteiger partial charge in [-0.15, -0.1) is 11.8 Å². The van der Waals surface area contributed by atoms with E-state index in [0.29, 0.717) is 22.5 Å². The molecule has 3 rings (SSSR count). The van der Waals surface area contributed by atoms with Gasteiger partial charge in [-0.1, -0.05) is 6.07 Å². The number of carbonyl (C=O) groups is 2. The first-order valence-electron chi connectivity index (χ1n) is 7.37. The van der Waals surface area contributed by atoms with E-state index in [1.54, 1.807) is 24.4 Å². The molecule has 0 aliphatic carbocycles. The number of nitrogens with zero attached hydrogens (tertiary/aromatic N) is 2. The van der Waals surface area contributed by atoms with Crippen molar-refractivity contribution < 1.29 is 9.59 Å². The zero-order chi connectivity index (χ0) is 16.4. The molecule has 2 aromatic rings. The van der Waals surface area contributed by atoms with Crippen LogP contribution < -0.4 is 10.8 Å². The fraction of sp³-hybridized carbons (Fsp3) is 0.235. The fourth-order valence-electron chi connectivity index (χ4n) is 2.33. The molecular formula is C17H17N3O2S. The lowest BCUT2D eigenvalue weighted by molar-refractivity contribution is -0.113. The van der Waals surface area contributed by atoms with E-state index in [0.717, 1.165) is 4.90 Å². The van der Waals surface area contributed by atoms with Gasteiger partial charge in [0.1, 0.15) is 5.49 Å². The minimum atomic E-state index is -0.169. The smallest absolute Gasteiger partial charge is 0.263 e. The summed E-state index contributed by atoms with van der Waals surface area (Å²) in [7, 11) is 0. The molecule has 23 heavy (non-hydrogen) atoms. The summed E-state index contributed by atoms with van der Waals surface area (Å²) in [6.45, 7) is 3.93. The van der Waals surface area contributed by atoms with E-state index in [2.05, 4.69) is 10.3 Å². The molecule has 6 heteroatoms. The second-order valence-electron chi connectivity index (χ2n) is 5.50. The zero-order valence-electron chi connectivity index (χ0n) is 12.9. The summed E-state index contributed by atoms with van der Waals surface area (Å²) < 4.78 is 1.53. The molecule has 1 aromatic heterocycles. The van der Waals surface area contributed by atoms with Crippen molar-refractivity contribution in [1.29, 1.82) is 0 Å². The van der Waals surface area contributed by atoms with Crippen LogP contribution in [0.1, 0.15) is 24.2 Å². The highest BCUT2D eigenvalue weighted by Gasteiger charge is 2.18. The van der Waals surface area contributed by atoms with Crippen LogP contribution in [0.4, 0.5) is 5.69 Å². The molecule has 1 aliphatic heterocycles. The number of rotatable bonds is 2. The molecule has 1 aromatic carbocycles. The Kier molecular flexibility index (Phi) is 4.34. The SMILES string of the molecule is CC(C)N=c1ccccn1C(=O)c1ccc2c(c1)NC(=O)CS2. The highest BCUT2D eigenvalue weighted by atomic mass is 32.2. The Balaban J connectivity index is 2.02. The van der Waals surface area contributed by atoms with Crippen molar-refractivity contribution in [1.82, 2.24) is 4.57 Å². The molecule has 0 radical (unpaired) electrons. The molecule has 0 fully saturated rings. The maximum Gasteiger partial charge on any atom is 0.263 e. The lowest BCUT2D eigenvalue weighted by atomic mass is 10.1. The van der Waals surface area contributed by atoms with Gasteiger partial charge in [0.2, 0.25) is 5.91 Å². The van der Waals surface area contributed by atoms with Gasteiger partial charge in [-0.05, 0) is 44.2 Å². The Morgan fingerprint density at radius 2 is 2.13 bits per heavy atom. The zero-order valence-corrected chi connectivity index (χ0v) is 13.8. The van der Waals surface area contributed by atoms with Crippen LogP contribution in [-0.4, -0.2) is 28.2 Å². The predicted molar refractivity (Wildman–Crippen MR) is 90.7 cm³/mol. The van der Waals surface area contributed by atoms with E-state index < -0.39 is 0 Å². The van der Waals surface area contributed by atoms with Gasteiger partial charge < -0.3 is 5.32 Å². The maximum atomic E-state index is 12.8. The number of nitrogens with one attached hydrogen (secondary N) is 1. The van der Waals surface area contributed by atoms with E-state index in [1.165, 1.54) is 16.3 Å². The molecule has 1 N–H and O–H groups in total. The number of amides is 1. The molecule has 0 unspecified atom stereocenters. The molecule has 2 heterocycles. The van der Waals surface area contributed by atoms with E-state index in [4.69, 9.17) is 0 Å². The summed E-state index contributed by atoms with van der Waals surface area (Å²) in [5.41, 5.74) is 1.82. The molecule has 0 bridgehead atoms. The van der Waals surface area contributed by atoms with Crippen LogP contribution in [-0.2, 0) is 4.79 Å². The van der Waals surface area contributed by atoms with Crippen LogP contribution in [0.15, 0.2) is 52.5 Å². The van der Waals surface area contributed by atoms with Crippen LogP contribution in [0.5, 0.6) is 0 Å². The molecule has 0 saturated heterocycles. The average Bonchev–Trinajstić information content (AvgIpc) is 2.53. The van der Waals surface area contributed by atoms with Crippen molar-refractivity contribution in [3.8, 4) is 0 Å². The van der Waals surface area contributed by atoms with E-state index in [-0.39, 0.29) is 17.9 Å². The van der Waals surface area contributed by atoms with Gasteiger partial charge in [-0.2, -0.15) is 0 Å². The van der Waals surface area contributed by atoms with E-state index >= 15 is 0 Å². The minimum Gasteiger partial charge on any atom is -0.324 e. The van der Waals surface area contributed by atoms with Crippen molar-refractivity contribution in [2.75, 3.05) is 11.1 Å². The van der Waals surface area contributed by atoms with Gasteiger partial charge in [-0.3, -0.25) is 19.1 Å². The lowest BCUT2D eigenvalue weighted by Gasteiger charge is -2.17. The monoisotopic (exact) mass is 327 g/mol. The molecular weight excluding hydrogens is 310 g/mol. The number of benzene rings is 1. The summed E-state index contributed by atoms with van der Waals surface area (Å²) in [6, 6.07) is 10.9. The summed E-state index contributed by atoms with van der Waals surface area (Å²) in [4.78, 5) is 29.8. The van der Waals surface area contributed by atoms with Gasteiger partial charge in [0.25, 0.3) is 5.91 Å². The predicted octanol–water partition coefficient (Wildman–Crippen LogP) is 2.53. The second kappa shape index (κ2) is 6.42. The van der Waals surface area contributed by atoms with Crippen molar-refractivity contribution in [2.45, 2.75) is 24.8 Å². The molecule has 0 saturated carbocycles. The van der Waals surface area contributed by atoms with Crippen LogP contribution in [0.2, 0.25) is 0 Å². The standard InChI is InChI=1S/C17H17N3O2S/c1-11(2)18-15-5-3-4-8-20(15)17(22)12-6-7-14-13(9-12)19-16(21)10-23-14/h3-9,11H,10H2,1-2H3,(H,19,21). The normalized spacial score (nSPS) is 14.6. The number of carbonyl (C=O) groups excluding carboxylic acids is 2. The Labute approximate surface area is 138 Å². The number of hydrogen-bond acceptors (Lipinski definition) is 4. The fourth-order valence-corrected chi connectivity index (χ4v) is 3.12. The second-order valence-corrected chi connectivity index (χ2v) is 6.52. The molecule has 0 spiro atoms. The Bertz CT molecular complexity index is 840. The first kappa shape index (κ1) is 15.6. The first-order valence-corrected chi connectivity index (χ1v) is 8.36. The Morgan fingerprint density at radius 3 is 2.91 bits per heavy atom. The third kappa shape index (κ3) is 3.37. The largest absolute Gasteiger partial charge is 0.324 e. The molecule has 0 atom stereocenters. The van der Waals surface area contributed by atoms with Crippen molar-refractivity contribution >= 4 is 29.3 Å². The molecule has 1 amide bonds. The average molecular weight is 327 g/mol. The number of pyridine rings is 1.